The highest BCUT2D eigenvalue weighted by Crippen LogP contribution is 2.43. The van der Waals surface area contributed by atoms with E-state index in [0.717, 1.165) is 71.1 Å². The lowest BCUT2D eigenvalue weighted by Crippen LogP contribution is -2.60. The summed E-state index contributed by atoms with van der Waals surface area (Å²) in [6, 6.07) is 0.488. The molecule has 0 aliphatic carbocycles. The molecule has 8 heteroatoms. The second kappa shape index (κ2) is 7.50. The number of nitrogens with zero attached hydrogens (tertiary/aromatic N) is 2. The van der Waals surface area contributed by atoms with Crippen molar-refractivity contribution in [2.75, 3.05) is 31.9 Å². The maximum Gasteiger partial charge on any atom is 0.237 e. The Morgan fingerprint density at radius 1 is 1.20 bits per heavy atom. The molecule has 144 valence electrons. The van der Waals surface area contributed by atoms with Gasteiger partial charge >= 0.3 is 0 Å². The molecule has 3 rings (SSSR count). The maximum atomic E-state index is 12.1. The van der Waals surface area contributed by atoms with Crippen molar-refractivity contribution < 1.29 is 13.2 Å². The summed E-state index contributed by atoms with van der Waals surface area (Å²) in [5.41, 5.74) is 5.35. The third-order valence-corrected chi connectivity index (χ3v) is 7.81. The Balaban J connectivity index is 1.57. The lowest BCUT2D eigenvalue weighted by Gasteiger charge is -2.44. The molecule has 25 heavy (non-hydrogen) atoms. The zero-order chi connectivity index (χ0) is 18.1. The van der Waals surface area contributed by atoms with Crippen molar-refractivity contribution >= 4 is 15.9 Å². The van der Waals surface area contributed by atoms with Crippen molar-refractivity contribution in [2.24, 2.45) is 5.73 Å². The fourth-order valence-corrected chi connectivity index (χ4v) is 5.85. The van der Waals surface area contributed by atoms with Gasteiger partial charge in [0.15, 0.2) is 0 Å². The molecule has 7 nitrogen and oxygen atoms in total. The number of hydrogen-bond acceptors (Lipinski definition) is 5. The van der Waals surface area contributed by atoms with E-state index in [2.05, 4.69) is 14.5 Å². The number of likely N-dealkylation sites (tertiary alicyclic amines) is 1. The first kappa shape index (κ1) is 19.1. The fraction of sp³-hybridized carbons (Fsp3) is 0.941. The normalized spacial score (nSPS) is 34.3. The minimum Gasteiger partial charge on any atom is -0.368 e. The number of hydrogen-bond donors (Lipinski definition) is 2. The summed E-state index contributed by atoms with van der Waals surface area (Å²) < 4.78 is 26.4. The topological polar surface area (TPSA) is 95.7 Å². The van der Waals surface area contributed by atoms with Gasteiger partial charge in [-0.25, -0.2) is 13.1 Å². The zero-order valence-corrected chi connectivity index (χ0v) is 16.1. The second-order valence-corrected chi connectivity index (χ2v) is 9.88. The molecule has 3 aliphatic rings. The number of nitrogens with one attached hydrogen (secondary N) is 1. The van der Waals surface area contributed by atoms with E-state index in [1.165, 1.54) is 0 Å². The molecule has 3 N–H and O–H groups in total. The van der Waals surface area contributed by atoms with Crippen LogP contribution in [-0.4, -0.2) is 73.7 Å². The molecule has 0 radical (unpaired) electrons. The largest absolute Gasteiger partial charge is 0.368 e. The van der Waals surface area contributed by atoms with Gasteiger partial charge in [0.2, 0.25) is 15.9 Å². The van der Waals surface area contributed by atoms with E-state index in [4.69, 9.17) is 5.73 Å². The van der Waals surface area contributed by atoms with Gasteiger partial charge in [0, 0.05) is 31.7 Å². The Hall–Kier alpha value is -0.700. The van der Waals surface area contributed by atoms with Crippen LogP contribution in [0.2, 0.25) is 0 Å². The van der Waals surface area contributed by atoms with Gasteiger partial charge in [0.05, 0.1) is 5.75 Å². The summed E-state index contributed by atoms with van der Waals surface area (Å²) in [5, 5.41) is 0. The summed E-state index contributed by atoms with van der Waals surface area (Å²) in [4.78, 5) is 16.8. The van der Waals surface area contributed by atoms with Gasteiger partial charge in [-0.3, -0.25) is 9.69 Å². The predicted molar refractivity (Wildman–Crippen MR) is 97.6 cm³/mol. The Labute approximate surface area is 151 Å². The third kappa shape index (κ3) is 4.02. The number of rotatable bonds is 7. The maximum absolute atomic E-state index is 12.1. The van der Waals surface area contributed by atoms with Gasteiger partial charge in [-0.05, 0) is 58.4 Å². The second-order valence-electron chi connectivity index (χ2n) is 7.83. The number of fused-ring (bicyclic) bond motifs is 2. The molecule has 1 amide bonds. The summed E-state index contributed by atoms with van der Waals surface area (Å²) in [6.07, 6.45) is 7.00. The highest BCUT2D eigenvalue weighted by Gasteiger charge is 2.52. The minimum absolute atomic E-state index is 0.00174. The third-order valence-electron chi connectivity index (χ3n) is 6.36. The minimum atomic E-state index is -3.15. The van der Waals surface area contributed by atoms with E-state index in [1.54, 1.807) is 6.92 Å². The molecule has 0 spiro atoms. The van der Waals surface area contributed by atoms with Crippen LogP contribution < -0.4 is 10.5 Å². The fourth-order valence-electron chi connectivity index (χ4n) is 4.98. The summed E-state index contributed by atoms with van der Waals surface area (Å²) in [7, 11) is -3.15. The van der Waals surface area contributed by atoms with E-state index >= 15 is 0 Å². The molecule has 3 heterocycles. The Morgan fingerprint density at radius 2 is 2.00 bits per heavy atom. The molecular formula is C17H32N4O3S. The zero-order valence-electron chi connectivity index (χ0n) is 15.2. The van der Waals surface area contributed by atoms with E-state index < -0.39 is 15.6 Å². The summed E-state index contributed by atoms with van der Waals surface area (Å²) in [6.45, 7) is 5.13. The van der Waals surface area contributed by atoms with Crippen LogP contribution in [0.25, 0.3) is 0 Å². The smallest absolute Gasteiger partial charge is 0.237 e. The van der Waals surface area contributed by atoms with Gasteiger partial charge in [-0.15, -0.1) is 0 Å². The molecule has 3 aliphatic heterocycles. The first-order valence-corrected chi connectivity index (χ1v) is 11.3. The van der Waals surface area contributed by atoms with Crippen LogP contribution in [0.1, 0.15) is 51.9 Å². The quantitative estimate of drug-likeness (QED) is 0.668. The van der Waals surface area contributed by atoms with E-state index in [9.17, 15) is 13.2 Å². The van der Waals surface area contributed by atoms with Crippen molar-refractivity contribution in [1.82, 2.24) is 14.5 Å². The van der Waals surface area contributed by atoms with Crippen LogP contribution in [0.4, 0.5) is 0 Å². The number of amides is 1. The lowest BCUT2D eigenvalue weighted by molar-refractivity contribution is -0.131. The molecule has 3 fully saturated rings. The number of nitrogens with two attached hydrogens (primary N) is 1. The van der Waals surface area contributed by atoms with Crippen molar-refractivity contribution in [3.05, 3.63) is 0 Å². The van der Waals surface area contributed by atoms with Crippen molar-refractivity contribution in [3.63, 3.8) is 0 Å². The van der Waals surface area contributed by atoms with Gasteiger partial charge in [0.25, 0.3) is 0 Å². The van der Waals surface area contributed by atoms with Crippen LogP contribution in [0, 0.1) is 0 Å². The number of primary amides is 1. The van der Waals surface area contributed by atoms with Crippen molar-refractivity contribution in [2.45, 2.75) is 69.5 Å². The van der Waals surface area contributed by atoms with Crippen LogP contribution >= 0.6 is 0 Å². The van der Waals surface area contributed by atoms with E-state index in [-0.39, 0.29) is 17.7 Å². The van der Waals surface area contributed by atoms with Gasteiger partial charge in [-0.1, -0.05) is 0 Å². The Kier molecular flexibility index (Phi) is 5.72. The highest BCUT2D eigenvalue weighted by atomic mass is 32.2. The lowest BCUT2D eigenvalue weighted by atomic mass is 9.87. The molecule has 0 unspecified atom stereocenters. The van der Waals surface area contributed by atoms with Crippen LogP contribution in [-0.2, 0) is 14.8 Å². The highest BCUT2D eigenvalue weighted by molar-refractivity contribution is 7.89. The monoisotopic (exact) mass is 372 g/mol. The predicted octanol–water partition coefficient (Wildman–Crippen LogP) is 0.263. The molecular weight excluding hydrogens is 340 g/mol. The average molecular weight is 373 g/mol. The SMILES string of the molecule is CCS(=O)(=O)N[C@@H]1CCCN(CCN2[C@@H]3CCC[C@@]2(C(N)=O)CC3)C1. The number of sulfonamides is 1. The summed E-state index contributed by atoms with van der Waals surface area (Å²) in [5.74, 6) is -0.0398. The summed E-state index contributed by atoms with van der Waals surface area (Å²) >= 11 is 0. The molecule has 0 aromatic carbocycles. The van der Waals surface area contributed by atoms with Gasteiger partial charge < -0.3 is 10.6 Å². The standard InChI is InChI=1S/C17H32N4O3S/c1-2-25(23,24)19-14-5-4-10-20(13-14)11-12-21-15-6-3-8-17(21,9-7-15)16(18)22/h14-15,19H,2-13H2,1H3,(H2,18,22)/t14-,15-,17+/m1/s1. The molecule has 0 aromatic rings. The average Bonchev–Trinajstić information content (AvgIpc) is 2.77. The Bertz CT molecular complexity index is 593. The van der Waals surface area contributed by atoms with Crippen molar-refractivity contribution in [3.8, 4) is 0 Å². The Morgan fingerprint density at radius 3 is 2.72 bits per heavy atom. The molecule has 3 saturated heterocycles. The number of carbonyl (C=O) groups excluding carboxylic acids is 1. The van der Waals surface area contributed by atoms with E-state index in [1.807, 2.05) is 0 Å². The van der Waals surface area contributed by atoms with Crippen LogP contribution in [0.5, 0.6) is 0 Å². The van der Waals surface area contributed by atoms with Gasteiger partial charge in [0.1, 0.15) is 5.54 Å². The number of carbonyl (C=O) groups is 1. The first-order valence-electron chi connectivity index (χ1n) is 9.65. The first-order chi connectivity index (χ1) is 11.9. The molecule has 2 bridgehead atoms. The van der Waals surface area contributed by atoms with Gasteiger partial charge in [-0.2, -0.15) is 0 Å². The molecule has 0 aromatic heterocycles. The van der Waals surface area contributed by atoms with E-state index in [0.29, 0.717) is 6.04 Å². The van der Waals surface area contributed by atoms with Crippen LogP contribution in [0.15, 0.2) is 0 Å². The number of piperidine rings is 2. The molecule has 0 saturated carbocycles. The van der Waals surface area contributed by atoms with Crippen LogP contribution in [0.3, 0.4) is 0 Å². The van der Waals surface area contributed by atoms with Crippen molar-refractivity contribution in [1.29, 1.82) is 0 Å². The molecule has 3 atom stereocenters.